The lowest BCUT2D eigenvalue weighted by Crippen LogP contribution is -2.19. The monoisotopic (exact) mass is 544 g/mol. The van der Waals surface area contributed by atoms with E-state index in [9.17, 15) is 9.90 Å². The Hall–Kier alpha value is -2.53. The molecule has 5 nitrogen and oxygen atoms in total. The smallest absolute Gasteiger partial charge is 0.508 e. The van der Waals surface area contributed by atoms with Crippen molar-refractivity contribution in [2.75, 3.05) is 20.3 Å². The molecule has 0 radical (unpaired) electrons. The highest BCUT2D eigenvalue weighted by Crippen LogP contribution is 2.36. The molecule has 0 fully saturated rings. The molecule has 0 saturated heterocycles. The molecule has 0 aliphatic carbocycles. The zero-order valence-corrected chi connectivity index (χ0v) is 27.5. The fourth-order valence-electron chi connectivity index (χ4n) is 3.61. The molecule has 1 N–H and O–H groups in total. The maximum Gasteiger partial charge on any atom is 0.513 e. The third-order valence-corrected chi connectivity index (χ3v) is 6.09. The highest BCUT2D eigenvalue weighted by atomic mass is 16.7. The van der Waals surface area contributed by atoms with Crippen LogP contribution in [0.5, 0.6) is 11.5 Å². The Morgan fingerprint density at radius 3 is 1.41 bits per heavy atom. The van der Waals surface area contributed by atoms with Crippen molar-refractivity contribution in [1.29, 1.82) is 0 Å². The average Bonchev–Trinajstić information content (AvgIpc) is 2.78. The average molecular weight is 545 g/mol. The van der Waals surface area contributed by atoms with Gasteiger partial charge in [-0.05, 0) is 64.3 Å². The van der Waals surface area contributed by atoms with Gasteiger partial charge in [0, 0.05) is 18.8 Å². The van der Waals surface area contributed by atoms with Gasteiger partial charge in [0.15, 0.2) is 0 Å². The molecule has 2 aromatic rings. The normalized spacial score (nSPS) is 12.0. The molecule has 0 atom stereocenters. The summed E-state index contributed by atoms with van der Waals surface area (Å²) < 4.78 is 14.6. The van der Waals surface area contributed by atoms with Crippen LogP contribution in [0.1, 0.15) is 119 Å². The van der Waals surface area contributed by atoms with Crippen LogP contribution in [0.2, 0.25) is 0 Å². The quantitative estimate of drug-likeness (QED) is 0.308. The number of benzene rings is 2. The molecule has 0 aliphatic heterocycles. The predicted molar refractivity (Wildman–Crippen MR) is 165 cm³/mol. The number of aromatic hydroxyl groups is 1. The predicted octanol–water partition coefficient (Wildman–Crippen LogP) is 9.46. The second-order valence-electron chi connectivity index (χ2n) is 13.8. The number of ether oxygens (including phenoxy) is 3. The van der Waals surface area contributed by atoms with Crippen LogP contribution in [0.3, 0.4) is 0 Å². The Bertz CT molecular complexity index is 1020. The highest BCUT2D eigenvalue weighted by molar-refractivity contribution is 5.65. The van der Waals surface area contributed by atoms with E-state index in [2.05, 4.69) is 100.0 Å². The number of phenols is 1. The summed E-state index contributed by atoms with van der Waals surface area (Å²) in [6.07, 6.45) is -0.686. The first-order valence-corrected chi connectivity index (χ1v) is 13.9. The summed E-state index contributed by atoms with van der Waals surface area (Å²) in [5.41, 5.74) is 4.59. The number of carbonyl (C=O) groups is 1. The van der Waals surface area contributed by atoms with Crippen LogP contribution in [-0.4, -0.2) is 31.6 Å². The number of rotatable bonds is 3. The SMILES string of the molecule is CC(C)(C)c1ccc(O)c(C(C)(C)C)c1.CCOCC.COC(=O)Oc1ccc(C(C)(C)C)cc1C(C)(C)C. The lowest BCUT2D eigenvalue weighted by atomic mass is 9.80. The third kappa shape index (κ3) is 12.9. The van der Waals surface area contributed by atoms with E-state index in [4.69, 9.17) is 9.47 Å². The van der Waals surface area contributed by atoms with Gasteiger partial charge >= 0.3 is 6.16 Å². The van der Waals surface area contributed by atoms with E-state index in [-0.39, 0.29) is 21.7 Å². The second kappa shape index (κ2) is 14.7. The molecule has 39 heavy (non-hydrogen) atoms. The van der Waals surface area contributed by atoms with E-state index < -0.39 is 6.16 Å². The minimum Gasteiger partial charge on any atom is -0.508 e. The van der Waals surface area contributed by atoms with Gasteiger partial charge in [-0.1, -0.05) is 107 Å². The van der Waals surface area contributed by atoms with Crippen LogP contribution < -0.4 is 4.74 Å². The minimum absolute atomic E-state index is 0.00859. The third-order valence-electron chi connectivity index (χ3n) is 6.09. The number of carbonyl (C=O) groups excluding carboxylic acids is 1. The molecule has 0 unspecified atom stereocenters. The lowest BCUT2D eigenvalue weighted by Gasteiger charge is -2.26. The first kappa shape index (κ1) is 36.5. The van der Waals surface area contributed by atoms with Crippen molar-refractivity contribution in [1.82, 2.24) is 0 Å². The molecule has 0 aromatic heterocycles. The minimum atomic E-state index is -0.686. The Balaban J connectivity index is 0.000000643. The summed E-state index contributed by atoms with van der Waals surface area (Å²) in [7, 11) is 1.31. The van der Waals surface area contributed by atoms with Crippen molar-refractivity contribution >= 4 is 6.16 Å². The molecule has 2 aromatic carbocycles. The van der Waals surface area contributed by atoms with E-state index in [0.717, 1.165) is 24.3 Å². The van der Waals surface area contributed by atoms with Crippen molar-refractivity contribution in [2.24, 2.45) is 0 Å². The molecule has 222 valence electrons. The van der Waals surface area contributed by atoms with Gasteiger partial charge in [-0.25, -0.2) is 4.79 Å². The molecular weight excluding hydrogens is 488 g/mol. The van der Waals surface area contributed by atoms with E-state index in [1.165, 1.54) is 18.2 Å². The number of hydrogen-bond acceptors (Lipinski definition) is 5. The summed E-state index contributed by atoms with van der Waals surface area (Å²) in [6, 6.07) is 11.9. The fourth-order valence-corrected chi connectivity index (χ4v) is 3.61. The maximum atomic E-state index is 11.3. The van der Waals surface area contributed by atoms with Gasteiger partial charge in [0.2, 0.25) is 0 Å². The molecule has 0 heterocycles. The van der Waals surface area contributed by atoms with Gasteiger partial charge in [0.05, 0.1) is 7.11 Å². The first-order chi connectivity index (χ1) is 17.6. The van der Waals surface area contributed by atoms with Crippen LogP contribution in [0, 0.1) is 0 Å². The molecule has 0 bridgehead atoms. The van der Waals surface area contributed by atoms with Gasteiger partial charge in [-0.15, -0.1) is 0 Å². The second-order valence-corrected chi connectivity index (χ2v) is 13.8. The molecular formula is C34H56O5. The fraction of sp³-hybridized carbons (Fsp3) is 0.618. The Morgan fingerprint density at radius 1 is 0.667 bits per heavy atom. The van der Waals surface area contributed by atoms with Crippen LogP contribution in [0.15, 0.2) is 36.4 Å². The van der Waals surface area contributed by atoms with Crippen molar-refractivity contribution in [3.63, 3.8) is 0 Å². The van der Waals surface area contributed by atoms with Crippen LogP contribution in [0.4, 0.5) is 4.79 Å². The molecule has 0 aliphatic rings. The van der Waals surface area contributed by atoms with Crippen molar-refractivity contribution in [3.8, 4) is 11.5 Å². The summed E-state index contributed by atoms with van der Waals surface area (Å²) in [5, 5.41) is 9.84. The van der Waals surface area contributed by atoms with E-state index in [1.807, 2.05) is 32.0 Å². The van der Waals surface area contributed by atoms with Crippen molar-refractivity contribution < 1.29 is 24.1 Å². The molecule has 0 amide bonds. The summed E-state index contributed by atoms with van der Waals surface area (Å²) in [6.45, 7) is 31.4. The summed E-state index contributed by atoms with van der Waals surface area (Å²) in [5.74, 6) is 0.961. The first-order valence-electron chi connectivity index (χ1n) is 13.9. The van der Waals surface area contributed by atoms with Gasteiger partial charge in [-0.2, -0.15) is 0 Å². The van der Waals surface area contributed by atoms with Crippen LogP contribution in [0.25, 0.3) is 0 Å². The van der Waals surface area contributed by atoms with Gasteiger partial charge in [-0.3, -0.25) is 0 Å². The maximum absolute atomic E-state index is 11.3. The highest BCUT2D eigenvalue weighted by Gasteiger charge is 2.24. The number of phenolic OH excluding ortho intramolecular Hbond substituents is 1. The van der Waals surface area contributed by atoms with Gasteiger partial charge < -0.3 is 19.3 Å². The Kier molecular flexibility index (Phi) is 13.8. The summed E-state index contributed by atoms with van der Waals surface area (Å²) >= 11 is 0. The topological polar surface area (TPSA) is 65.0 Å². The Labute approximate surface area is 239 Å². The van der Waals surface area contributed by atoms with Gasteiger partial charge in [0.1, 0.15) is 11.5 Å². The van der Waals surface area contributed by atoms with Gasteiger partial charge in [0.25, 0.3) is 0 Å². The number of methoxy groups -OCH3 is 1. The molecule has 2 rings (SSSR count). The van der Waals surface area contributed by atoms with Crippen molar-refractivity contribution in [3.05, 3.63) is 58.7 Å². The van der Waals surface area contributed by atoms with E-state index in [1.54, 1.807) is 6.07 Å². The Morgan fingerprint density at radius 2 is 1.08 bits per heavy atom. The zero-order valence-electron chi connectivity index (χ0n) is 27.5. The van der Waals surface area contributed by atoms with Crippen LogP contribution >= 0.6 is 0 Å². The zero-order chi connectivity index (χ0) is 30.8. The van der Waals surface area contributed by atoms with Crippen LogP contribution in [-0.2, 0) is 31.1 Å². The molecule has 5 heteroatoms. The van der Waals surface area contributed by atoms with Crippen molar-refractivity contribution in [2.45, 2.75) is 119 Å². The lowest BCUT2D eigenvalue weighted by molar-refractivity contribution is 0.120. The summed E-state index contributed by atoms with van der Waals surface area (Å²) in [4.78, 5) is 11.3. The number of hydrogen-bond donors (Lipinski definition) is 1. The van der Waals surface area contributed by atoms with E-state index in [0.29, 0.717) is 11.5 Å². The largest absolute Gasteiger partial charge is 0.513 e. The molecule has 0 saturated carbocycles. The molecule has 0 spiro atoms. The van der Waals surface area contributed by atoms with E-state index >= 15 is 0 Å². The standard InChI is InChI=1S/C16H24O3.C14H22O.C4H10O/c1-15(2,3)11-8-9-13(19-14(17)18-7)12(10-11)16(4,5)6;1-13(2,3)10-7-8-12(15)11(9-10)14(4,5)6;1-3-5-4-2/h8-10H,1-7H3;7-9,15H,1-6H3;3-4H2,1-2H3.